The van der Waals surface area contributed by atoms with Crippen LogP contribution in [0.4, 0.5) is 0 Å². The predicted molar refractivity (Wildman–Crippen MR) is 222 cm³/mol. The largest absolute Gasteiger partial charge is 0.497 e. The van der Waals surface area contributed by atoms with Gasteiger partial charge in [0.25, 0.3) is 0 Å². The van der Waals surface area contributed by atoms with Gasteiger partial charge in [-0.3, -0.25) is 24.0 Å². The normalized spacial score (nSPS) is 10.5. The summed E-state index contributed by atoms with van der Waals surface area (Å²) in [6.07, 6.45) is -0.0385. The Morgan fingerprint density at radius 2 is 1.04 bits per heavy atom. The van der Waals surface area contributed by atoms with Crippen molar-refractivity contribution >= 4 is 52.1 Å². The van der Waals surface area contributed by atoms with E-state index in [0.29, 0.717) is 37.9 Å². The van der Waals surface area contributed by atoms with Crippen LogP contribution in [0.25, 0.3) is 20.9 Å². The summed E-state index contributed by atoms with van der Waals surface area (Å²) in [5.41, 5.74) is 4.34. The molecule has 0 atom stereocenters. The van der Waals surface area contributed by atoms with E-state index < -0.39 is 11.9 Å². The monoisotopic (exact) mass is 803 g/mol. The average molecular weight is 804 g/mol. The van der Waals surface area contributed by atoms with Gasteiger partial charge in [-0.25, -0.2) is 0 Å². The molecule has 0 bridgehead atoms. The van der Waals surface area contributed by atoms with Gasteiger partial charge in [0.15, 0.2) is 0 Å². The Morgan fingerprint density at radius 1 is 0.614 bits per heavy atom. The fraction of sp³-hybridized carbons (Fsp3) is 0.178. The van der Waals surface area contributed by atoms with Gasteiger partial charge in [-0.2, -0.15) is 0 Å². The second-order valence-corrected chi connectivity index (χ2v) is 14.7. The Hall–Kier alpha value is -6.37. The van der Waals surface area contributed by atoms with Gasteiger partial charge in [0, 0.05) is 27.9 Å². The maximum absolute atomic E-state index is 13.1. The highest BCUT2D eigenvalue weighted by atomic mass is 32.1. The Bertz CT molecular complexity index is 2310. The van der Waals surface area contributed by atoms with Gasteiger partial charge < -0.3 is 24.2 Å². The van der Waals surface area contributed by atoms with Crippen molar-refractivity contribution in [3.05, 3.63) is 153 Å². The zero-order chi connectivity index (χ0) is 40.9. The van der Waals surface area contributed by atoms with E-state index in [1.165, 1.54) is 27.6 Å². The van der Waals surface area contributed by atoms with Gasteiger partial charge in [-0.1, -0.05) is 60.7 Å². The molecule has 0 aliphatic carbocycles. The summed E-state index contributed by atoms with van der Waals surface area (Å²) in [4.78, 5) is 65.6. The van der Waals surface area contributed by atoms with Crippen molar-refractivity contribution in [3.8, 4) is 32.4 Å². The van der Waals surface area contributed by atoms with E-state index in [0.717, 1.165) is 26.4 Å². The molecule has 0 saturated carbocycles. The van der Waals surface area contributed by atoms with Gasteiger partial charge in [-0.15, -0.1) is 22.7 Å². The molecule has 10 nitrogen and oxygen atoms in total. The number of rotatable bonds is 15. The molecule has 1 N–H and O–H groups in total. The maximum atomic E-state index is 13.1. The van der Waals surface area contributed by atoms with Crippen LogP contribution in [-0.4, -0.2) is 73.8 Å². The lowest BCUT2D eigenvalue weighted by molar-refractivity contribution is -0.147. The molecule has 2 aromatic heterocycles. The smallest absolute Gasteiger partial charge is 0.325 e. The first-order chi connectivity index (χ1) is 27.5. The Kier molecular flexibility index (Phi) is 14.7. The lowest BCUT2D eigenvalue weighted by Crippen LogP contribution is -2.34. The summed E-state index contributed by atoms with van der Waals surface area (Å²) in [6.45, 7) is 1.87. The van der Waals surface area contributed by atoms with Crippen LogP contribution in [-0.2, 0) is 32.0 Å². The van der Waals surface area contributed by atoms with Crippen molar-refractivity contribution in [2.24, 2.45) is 0 Å². The molecule has 1 amide bonds. The summed E-state index contributed by atoms with van der Waals surface area (Å²) >= 11 is 2.68. The molecule has 292 valence electrons. The third-order valence-corrected chi connectivity index (χ3v) is 11.1. The van der Waals surface area contributed by atoms with Gasteiger partial charge in [0.2, 0.25) is 17.5 Å². The van der Waals surface area contributed by atoms with Crippen LogP contribution in [0.3, 0.4) is 0 Å². The Labute approximate surface area is 338 Å². The second-order valence-electron chi connectivity index (χ2n) is 12.6. The highest BCUT2D eigenvalue weighted by molar-refractivity contribution is 7.18. The van der Waals surface area contributed by atoms with Crippen LogP contribution in [0, 0.1) is 0 Å². The fourth-order valence-corrected chi connectivity index (χ4v) is 8.03. The topological polar surface area (TPSA) is 137 Å². The first-order valence-electron chi connectivity index (χ1n) is 17.9. The number of hydrogen-bond acceptors (Lipinski definition) is 10. The van der Waals surface area contributed by atoms with Crippen LogP contribution >= 0.6 is 22.7 Å². The molecule has 0 saturated heterocycles. The number of carbonyl (C=O) groups is 5. The number of carboxylic acid groups (broad SMARTS) is 1. The number of nitrogens with zero attached hydrogens (tertiary/aromatic N) is 1. The SMILES string of the molecule is CCOC(=O)CN(C)C(=O)Cc1cc(C(=O)c2ccc(OC)cc2)sc1-c1ccccc1.COc1ccc(C(=O)c2cc(CC(=O)O)c(-c3ccccc3)s2)cc1. The highest BCUT2D eigenvalue weighted by Crippen LogP contribution is 2.36. The third-order valence-electron chi connectivity index (χ3n) is 8.62. The van der Waals surface area contributed by atoms with E-state index in [4.69, 9.17) is 19.3 Å². The standard InChI is InChI=1S/C25H25NO5S.C20H16O4S/c1-4-31-23(28)16-26(2)22(27)15-19-14-21(32-25(19)18-8-6-5-7-9-18)24(29)17-10-12-20(30-3)13-11-17;1-24-16-9-7-13(8-10-16)19(23)17-11-15(12-18(21)22)20(25-17)14-5-3-2-4-6-14/h5-14H,4,15-16H2,1-3H3;2-11H,12H2,1H3,(H,21,22). The van der Waals surface area contributed by atoms with Crippen molar-refractivity contribution in [2.75, 3.05) is 34.4 Å². The zero-order valence-corrected chi connectivity index (χ0v) is 33.5. The van der Waals surface area contributed by atoms with Gasteiger partial charge in [0.05, 0.1) is 43.4 Å². The molecule has 6 aromatic rings. The fourth-order valence-electron chi connectivity index (χ4n) is 5.73. The minimum Gasteiger partial charge on any atom is -0.497 e. The molecule has 0 fully saturated rings. The molecule has 0 radical (unpaired) electrons. The zero-order valence-electron chi connectivity index (χ0n) is 31.9. The van der Waals surface area contributed by atoms with E-state index >= 15 is 0 Å². The molecule has 0 spiro atoms. The van der Waals surface area contributed by atoms with Crippen LogP contribution in [0.1, 0.15) is 48.5 Å². The van der Waals surface area contributed by atoms with Crippen LogP contribution in [0.2, 0.25) is 0 Å². The molecule has 0 aliphatic rings. The average Bonchev–Trinajstić information content (AvgIpc) is 3.85. The number of thiophene rings is 2. The number of methoxy groups -OCH3 is 2. The maximum Gasteiger partial charge on any atom is 0.325 e. The number of hydrogen-bond donors (Lipinski definition) is 1. The van der Waals surface area contributed by atoms with Crippen LogP contribution in [0.5, 0.6) is 11.5 Å². The summed E-state index contributed by atoms with van der Waals surface area (Å²) < 4.78 is 15.2. The minimum absolute atomic E-state index is 0.0759. The highest BCUT2D eigenvalue weighted by Gasteiger charge is 2.22. The van der Waals surface area contributed by atoms with E-state index in [9.17, 15) is 24.0 Å². The van der Waals surface area contributed by atoms with E-state index in [1.54, 1.807) is 88.9 Å². The predicted octanol–water partition coefficient (Wildman–Crippen LogP) is 8.50. The van der Waals surface area contributed by atoms with Crippen molar-refractivity contribution in [1.29, 1.82) is 0 Å². The number of ketones is 2. The molecule has 6 rings (SSSR count). The van der Waals surface area contributed by atoms with E-state index in [1.807, 2.05) is 60.7 Å². The Balaban J connectivity index is 0.000000224. The number of aliphatic carboxylic acids is 1. The van der Waals surface area contributed by atoms with Crippen molar-refractivity contribution in [1.82, 2.24) is 4.90 Å². The summed E-state index contributed by atoms with van der Waals surface area (Å²) in [5, 5.41) is 9.17. The van der Waals surface area contributed by atoms with Crippen molar-refractivity contribution in [2.45, 2.75) is 19.8 Å². The number of carboxylic acids is 1. The summed E-state index contributed by atoms with van der Waals surface area (Å²) in [6, 6.07) is 36.4. The summed E-state index contributed by atoms with van der Waals surface area (Å²) in [5.74, 6) is -0.481. The number of amides is 1. The molecule has 2 heterocycles. The van der Waals surface area contributed by atoms with Crippen LogP contribution < -0.4 is 9.47 Å². The lowest BCUT2D eigenvalue weighted by atomic mass is 10.0. The van der Waals surface area contributed by atoms with E-state index in [2.05, 4.69) is 0 Å². The lowest BCUT2D eigenvalue weighted by Gasteiger charge is -2.16. The molecular weight excluding hydrogens is 763 g/mol. The van der Waals surface area contributed by atoms with Gasteiger partial charge in [0.1, 0.15) is 18.0 Å². The number of esters is 1. The Morgan fingerprint density at radius 3 is 1.42 bits per heavy atom. The van der Waals surface area contributed by atoms with E-state index in [-0.39, 0.29) is 43.5 Å². The van der Waals surface area contributed by atoms with Crippen molar-refractivity contribution in [3.63, 3.8) is 0 Å². The number of ether oxygens (including phenoxy) is 3. The quantitative estimate of drug-likeness (QED) is 0.0801. The molecule has 57 heavy (non-hydrogen) atoms. The minimum atomic E-state index is -0.918. The molecule has 0 unspecified atom stereocenters. The number of carbonyl (C=O) groups excluding carboxylic acids is 4. The van der Waals surface area contributed by atoms with Gasteiger partial charge >= 0.3 is 11.9 Å². The molecule has 4 aromatic carbocycles. The third kappa shape index (κ3) is 11.1. The number of benzene rings is 4. The molecular formula is C45H41NO9S2. The first-order valence-corrected chi connectivity index (χ1v) is 19.5. The summed E-state index contributed by atoms with van der Waals surface area (Å²) in [7, 11) is 4.71. The number of likely N-dealkylation sites (N-methyl/N-ethyl adjacent to an activating group) is 1. The molecule has 12 heteroatoms. The first kappa shape index (κ1) is 41.8. The van der Waals surface area contributed by atoms with Gasteiger partial charge in [-0.05, 0) is 89.8 Å². The van der Waals surface area contributed by atoms with Crippen LogP contribution in [0.15, 0.2) is 121 Å². The second kappa shape index (κ2) is 20.0. The van der Waals surface area contributed by atoms with Crippen molar-refractivity contribution < 1.29 is 43.3 Å². The molecule has 0 aliphatic heterocycles.